The first-order valence-electron chi connectivity index (χ1n) is 6.28. The van der Waals surface area contributed by atoms with Crippen LogP contribution in [-0.4, -0.2) is 28.8 Å². The van der Waals surface area contributed by atoms with Gasteiger partial charge in [0.1, 0.15) is 0 Å². The van der Waals surface area contributed by atoms with Gasteiger partial charge in [0.2, 0.25) is 5.58 Å². The van der Waals surface area contributed by atoms with Crippen molar-refractivity contribution >= 4 is 47.4 Å². The number of piperidine rings is 1. The van der Waals surface area contributed by atoms with Crippen molar-refractivity contribution in [3.63, 3.8) is 0 Å². The lowest BCUT2D eigenvalue weighted by Crippen LogP contribution is -2.38. The first-order valence-corrected chi connectivity index (χ1v) is 6.28. The molecule has 2 fully saturated rings. The average Bonchev–Trinajstić information content (AvgIpc) is 3.04. The third-order valence-electron chi connectivity index (χ3n) is 4.32. The molecule has 1 saturated heterocycles. The van der Waals surface area contributed by atoms with Crippen LogP contribution in [-0.2, 0) is 0 Å². The minimum atomic E-state index is 0. The molecule has 0 aromatic carbocycles. The second-order valence-corrected chi connectivity index (χ2v) is 5.21. The van der Waals surface area contributed by atoms with Gasteiger partial charge in [0, 0.05) is 24.8 Å². The van der Waals surface area contributed by atoms with Crippen LogP contribution in [0.4, 0.5) is 11.6 Å². The number of rotatable bonds is 1. The van der Waals surface area contributed by atoms with Crippen LogP contribution < -0.4 is 16.4 Å². The summed E-state index contributed by atoms with van der Waals surface area (Å²) in [4.78, 5) is 6.69. The number of aromatic nitrogens is 2. The van der Waals surface area contributed by atoms with Gasteiger partial charge in [-0.1, -0.05) is 5.16 Å². The van der Waals surface area contributed by atoms with Crippen LogP contribution in [0, 0.1) is 5.92 Å². The molecule has 4 rings (SSSR count). The lowest BCUT2D eigenvalue weighted by atomic mass is 10.1. The van der Waals surface area contributed by atoms with Crippen molar-refractivity contribution in [2.75, 3.05) is 17.2 Å². The predicted octanol–water partition coefficient (Wildman–Crippen LogP) is 1.57. The van der Waals surface area contributed by atoms with E-state index >= 15 is 0 Å². The smallest absolute Gasteiger partial charge is 0.211 e. The van der Waals surface area contributed by atoms with Crippen LogP contribution in [0.3, 0.4) is 0 Å². The molecular formula is C12H17Cl2N5O. The molecule has 1 aliphatic carbocycles. The quantitative estimate of drug-likeness (QED) is 0.829. The minimum absolute atomic E-state index is 0. The topological polar surface area (TPSA) is 94.2 Å². The molecule has 20 heavy (non-hydrogen) atoms. The fourth-order valence-corrected chi connectivity index (χ4v) is 3.37. The largest absolute Gasteiger partial charge is 0.380 e. The molecular weight excluding hydrogens is 301 g/mol. The Kier molecular flexibility index (Phi) is 4.00. The molecule has 110 valence electrons. The monoisotopic (exact) mass is 317 g/mol. The second kappa shape index (κ2) is 5.27. The van der Waals surface area contributed by atoms with E-state index in [4.69, 9.17) is 16.0 Å². The van der Waals surface area contributed by atoms with Crippen molar-refractivity contribution in [1.82, 2.24) is 10.1 Å². The Morgan fingerprint density at radius 2 is 2.10 bits per heavy atom. The molecule has 4 N–H and O–H groups in total. The summed E-state index contributed by atoms with van der Waals surface area (Å²) in [5, 5.41) is 4.64. The highest BCUT2D eigenvalue weighted by Gasteiger charge is 2.46. The molecule has 3 atom stereocenters. The van der Waals surface area contributed by atoms with Crippen molar-refractivity contribution in [1.29, 1.82) is 0 Å². The first-order chi connectivity index (χ1) is 8.75. The number of anilines is 2. The van der Waals surface area contributed by atoms with Gasteiger partial charge < -0.3 is 20.9 Å². The van der Waals surface area contributed by atoms with E-state index in [0.29, 0.717) is 23.4 Å². The van der Waals surface area contributed by atoms with Crippen molar-refractivity contribution in [2.45, 2.75) is 24.9 Å². The van der Waals surface area contributed by atoms with Gasteiger partial charge in [0.25, 0.3) is 0 Å². The second-order valence-electron chi connectivity index (χ2n) is 5.21. The van der Waals surface area contributed by atoms with E-state index in [1.807, 2.05) is 6.07 Å². The average molecular weight is 318 g/mol. The van der Waals surface area contributed by atoms with Gasteiger partial charge in [-0.05, 0) is 24.8 Å². The molecule has 2 aromatic heterocycles. The predicted molar refractivity (Wildman–Crippen MR) is 82.5 cm³/mol. The van der Waals surface area contributed by atoms with Crippen LogP contribution in [0.1, 0.15) is 12.8 Å². The van der Waals surface area contributed by atoms with Gasteiger partial charge in [-0.25, -0.2) is 4.98 Å². The van der Waals surface area contributed by atoms with Gasteiger partial charge in [0.05, 0.1) is 5.39 Å². The van der Waals surface area contributed by atoms with Crippen molar-refractivity contribution < 1.29 is 4.52 Å². The summed E-state index contributed by atoms with van der Waals surface area (Å²) < 4.78 is 5.32. The van der Waals surface area contributed by atoms with E-state index in [1.165, 1.54) is 6.42 Å². The molecule has 2 aromatic rings. The maximum Gasteiger partial charge on any atom is 0.211 e. The molecule has 0 amide bonds. The van der Waals surface area contributed by atoms with Crippen molar-refractivity contribution in [3.8, 4) is 0 Å². The molecule has 0 radical (unpaired) electrons. The van der Waals surface area contributed by atoms with Gasteiger partial charge >= 0.3 is 0 Å². The number of hydrogen-bond acceptors (Lipinski definition) is 6. The molecule has 3 heterocycles. The molecule has 0 unspecified atom stereocenters. The molecule has 1 saturated carbocycles. The molecule has 8 heteroatoms. The van der Waals surface area contributed by atoms with Crippen LogP contribution >= 0.6 is 24.8 Å². The van der Waals surface area contributed by atoms with Crippen LogP contribution in [0.5, 0.6) is 0 Å². The van der Waals surface area contributed by atoms with E-state index in [1.54, 1.807) is 6.20 Å². The normalized spacial score (nSPS) is 27.4. The number of halogens is 2. The zero-order valence-electron chi connectivity index (χ0n) is 10.7. The van der Waals surface area contributed by atoms with Crippen molar-refractivity contribution in [3.05, 3.63) is 12.3 Å². The molecule has 2 aliphatic rings. The highest BCUT2D eigenvalue weighted by molar-refractivity contribution is 5.94. The van der Waals surface area contributed by atoms with Crippen molar-refractivity contribution in [2.24, 2.45) is 11.7 Å². The Morgan fingerprint density at radius 1 is 1.30 bits per heavy atom. The van der Waals surface area contributed by atoms with Gasteiger partial charge in [-0.15, -0.1) is 24.8 Å². The minimum Gasteiger partial charge on any atom is -0.380 e. The highest BCUT2D eigenvalue weighted by Crippen LogP contribution is 2.41. The van der Waals surface area contributed by atoms with E-state index in [0.717, 1.165) is 24.2 Å². The molecule has 1 aliphatic heterocycles. The molecule has 0 spiro atoms. The Balaban J connectivity index is 0.000000735. The summed E-state index contributed by atoms with van der Waals surface area (Å²) in [5.41, 5.74) is 12.7. The van der Waals surface area contributed by atoms with Gasteiger partial charge in [-0.2, -0.15) is 0 Å². The van der Waals surface area contributed by atoms with E-state index in [2.05, 4.69) is 15.0 Å². The van der Waals surface area contributed by atoms with Crippen LogP contribution in [0.25, 0.3) is 11.0 Å². The van der Waals surface area contributed by atoms with Crippen LogP contribution in [0.2, 0.25) is 0 Å². The Labute approximate surface area is 128 Å². The fraction of sp³-hybridized carbons (Fsp3) is 0.500. The first kappa shape index (κ1) is 15.2. The maximum atomic E-state index is 6.22. The lowest BCUT2D eigenvalue weighted by Gasteiger charge is -2.27. The summed E-state index contributed by atoms with van der Waals surface area (Å²) in [7, 11) is 0. The summed E-state index contributed by atoms with van der Waals surface area (Å²) in [5.74, 6) is 1.83. The third-order valence-corrected chi connectivity index (χ3v) is 4.32. The number of hydrogen-bond donors (Lipinski definition) is 2. The van der Waals surface area contributed by atoms with Gasteiger partial charge in [-0.3, -0.25) is 0 Å². The Morgan fingerprint density at radius 3 is 2.75 bits per heavy atom. The standard InChI is InChI=1S/C12H15N5O.2ClH/c13-9-6-1-2-8(9)17(5-6)12-10-7(3-4-15-12)11(14)16-18-10;;/h3-4,6,8-9H,1-2,5,13H2,(H2,14,16);2*1H/t6-,8-,9+;;/m0../s1. The Bertz CT molecular complexity index is 619. The number of nitrogens with two attached hydrogens (primary N) is 2. The zero-order chi connectivity index (χ0) is 12.3. The van der Waals surface area contributed by atoms with E-state index < -0.39 is 0 Å². The van der Waals surface area contributed by atoms with Crippen LogP contribution in [0.15, 0.2) is 16.8 Å². The van der Waals surface area contributed by atoms with E-state index in [-0.39, 0.29) is 30.9 Å². The number of nitrogens with zero attached hydrogens (tertiary/aromatic N) is 3. The van der Waals surface area contributed by atoms with Gasteiger partial charge in [0.15, 0.2) is 11.6 Å². The summed E-state index contributed by atoms with van der Waals surface area (Å²) >= 11 is 0. The summed E-state index contributed by atoms with van der Waals surface area (Å²) in [6.45, 7) is 0.957. The number of fused-ring (bicyclic) bond motifs is 3. The number of pyridine rings is 1. The lowest BCUT2D eigenvalue weighted by molar-refractivity contribution is 0.457. The highest BCUT2D eigenvalue weighted by atomic mass is 35.5. The maximum absolute atomic E-state index is 6.22. The zero-order valence-corrected chi connectivity index (χ0v) is 12.4. The Hall–Kier alpha value is -1.24. The summed E-state index contributed by atoms with van der Waals surface area (Å²) in [6.07, 6.45) is 4.10. The fourth-order valence-electron chi connectivity index (χ4n) is 3.37. The molecule has 6 nitrogen and oxygen atoms in total. The summed E-state index contributed by atoms with van der Waals surface area (Å²) in [6, 6.07) is 2.46. The van der Waals surface area contributed by atoms with E-state index in [9.17, 15) is 0 Å². The third kappa shape index (κ3) is 1.90. The molecule has 2 bridgehead atoms. The number of nitrogen functional groups attached to an aromatic ring is 1. The SMILES string of the molecule is Cl.Cl.Nc1noc2c(N3C[C@@H]4CC[C@H]3[C@@H]4N)nccc12.